The molecule has 1 saturated carbocycles. The molecule has 1 aliphatic rings. The maximum atomic E-state index is 9.19. The normalized spacial score (nSPS) is 26.6. The van der Waals surface area contributed by atoms with Crippen molar-refractivity contribution in [2.75, 3.05) is 5.73 Å². The zero-order valence-electron chi connectivity index (χ0n) is 12.0. The van der Waals surface area contributed by atoms with Crippen LogP contribution in [0.4, 0.5) is 5.95 Å². The molecule has 1 aromatic carbocycles. The van der Waals surface area contributed by atoms with E-state index in [0.29, 0.717) is 29.4 Å². The fraction of sp³-hybridized carbons (Fsp3) is 0.500. The van der Waals surface area contributed by atoms with E-state index in [1.807, 2.05) is 12.1 Å². The third-order valence-electron chi connectivity index (χ3n) is 4.39. The standard InChI is InChI=1S/C16H20N4/c1-10-6-11(2)8-13(7-10)20-14-5-3-4-12(9-17)15(14)19-16(20)18/h3-5,10-11,13H,6-8H2,1-2H3,(H2,18,19). The molecule has 1 fully saturated rings. The van der Waals surface area contributed by atoms with Crippen molar-refractivity contribution in [1.29, 1.82) is 5.26 Å². The summed E-state index contributed by atoms with van der Waals surface area (Å²) in [6.45, 7) is 4.61. The van der Waals surface area contributed by atoms with Gasteiger partial charge in [-0.25, -0.2) is 4.98 Å². The minimum Gasteiger partial charge on any atom is -0.369 e. The highest BCUT2D eigenvalue weighted by molar-refractivity contribution is 5.84. The molecule has 0 bridgehead atoms. The molecule has 1 aromatic heterocycles. The summed E-state index contributed by atoms with van der Waals surface area (Å²) in [6.07, 6.45) is 3.56. The van der Waals surface area contributed by atoms with E-state index in [9.17, 15) is 5.26 Å². The zero-order chi connectivity index (χ0) is 14.3. The second-order valence-corrected chi connectivity index (χ2v) is 6.20. The van der Waals surface area contributed by atoms with Gasteiger partial charge in [-0.05, 0) is 43.2 Å². The number of rotatable bonds is 1. The molecule has 1 heterocycles. The lowest BCUT2D eigenvalue weighted by molar-refractivity contribution is 0.226. The van der Waals surface area contributed by atoms with Gasteiger partial charge in [0.05, 0.1) is 11.1 Å². The summed E-state index contributed by atoms with van der Waals surface area (Å²) in [7, 11) is 0. The molecule has 1 aliphatic carbocycles. The molecule has 4 heteroatoms. The van der Waals surface area contributed by atoms with E-state index >= 15 is 0 Å². The minimum atomic E-state index is 0.396. The third kappa shape index (κ3) is 2.03. The molecular formula is C16H20N4. The first-order chi connectivity index (χ1) is 9.60. The number of nitrogens with zero attached hydrogens (tertiary/aromatic N) is 3. The molecule has 20 heavy (non-hydrogen) atoms. The van der Waals surface area contributed by atoms with Crippen LogP contribution in [-0.4, -0.2) is 9.55 Å². The van der Waals surface area contributed by atoms with Gasteiger partial charge >= 0.3 is 0 Å². The summed E-state index contributed by atoms with van der Waals surface area (Å²) < 4.78 is 2.14. The molecule has 0 radical (unpaired) electrons. The predicted octanol–water partition coefficient (Wildman–Crippen LogP) is 3.49. The quantitative estimate of drug-likeness (QED) is 0.860. The van der Waals surface area contributed by atoms with Gasteiger partial charge in [-0.3, -0.25) is 0 Å². The summed E-state index contributed by atoms with van der Waals surface area (Å²) in [4.78, 5) is 4.43. The topological polar surface area (TPSA) is 67.6 Å². The lowest BCUT2D eigenvalue weighted by atomic mass is 9.80. The zero-order valence-corrected chi connectivity index (χ0v) is 12.0. The van der Waals surface area contributed by atoms with Gasteiger partial charge < -0.3 is 10.3 Å². The number of nitrogen functional groups attached to an aromatic ring is 1. The van der Waals surface area contributed by atoms with Crippen LogP contribution in [0.5, 0.6) is 0 Å². The van der Waals surface area contributed by atoms with Gasteiger partial charge in [-0.1, -0.05) is 19.9 Å². The van der Waals surface area contributed by atoms with Crippen LogP contribution < -0.4 is 5.73 Å². The van der Waals surface area contributed by atoms with E-state index in [1.165, 1.54) is 6.42 Å². The molecule has 0 saturated heterocycles. The number of aromatic nitrogens is 2. The average Bonchev–Trinajstić information content (AvgIpc) is 2.73. The number of imidazole rings is 1. The van der Waals surface area contributed by atoms with Crippen LogP contribution in [0.1, 0.15) is 44.7 Å². The van der Waals surface area contributed by atoms with Crippen LogP contribution in [0.15, 0.2) is 18.2 Å². The number of benzene rings is 1. The molecule has 2 aromatic rings. The lowest BCUT2D eigenvalue weighted by Crippen LogP contribution is -2.23. The van der Waals surface area contributed by atoms with E-state index in [1.54, 1.807) is 6.07 Å². The first-order valence-corrected chi connectivity index (χ1v) is 7.26. The van der Waals surface area contributed by atoms with Crippen molar-refractivity contribution in [1.82, 2.24) is 9.55 Å². The Morgan fingerprint density at radius 3 is 2.60 bits per heavy atom. The minimum absolute atomic E-state index is 0.396. The lowest BCUT2D eigenvalue weighted by Gasteiger charge is -2.33. The first-order valence-electron chi connectivity index (χ1n) is 7.26. The smallest absolute Gasteiger partial charge is 0.201 e. The second kappa shape index (κ2) is 4.82. The molecule has 104 valence electrons. The van der Waals surface area contributed by atoms with Crippen molar-refractivity contribution in [3.8, 4) is 6.07 Å². The molecular weight excluding hydrogens is 248 g/mol. The van der Waals surface area contributed by atoms with E-state index in [-0.39, 0.29) is 0 Å². The maximum absolute atomic E-state index is 9.19. The van der Waals surface area contributed by atoms with Gasteiger partial charge in [0.2, 0.25) is 5.95 Å². The summed E-state index contributed by atoms with van der Waals surface area (Å²) in [5.74, 6) is 1.95. The highest BCUT2D eigenvalue weighted by Crippen LogP contribution is 2.39. The Labute approximate surface area is 119 Å². The van der Waals surface area contributed by atoms with Crippen LogP contribution in [-0.2, 0) is 0 Å². The number of anilines is 1. The van der Waals surface area contributed by atoms with Gasteiger partial charge in [0, 0.05) is 6.04 Å². The van der Waals surface area contributed by atoms with Crippen LogP contribution in [0.25, 0.3) is 11.0 Å². The monoisotopic (exact) mass is 268 g/mol. The fourth-order valence-corrected chi connectivity index (χ4v) is 3.72. The highest BCUT2D eigenvalue weighted by atomic mass is 15.2. The van der Waals surface area contributed by atoms with Crippen LogP contribution in [0, 0.1) is 23.2 Å². The van der Waals surface area contributed by atoms with Gasteiger partial charge in [0.25, 0.3) is 0 Å². The number of fused-ring (bicyclic) bond motifs is 1. The highest BCUT2D eigenvalue weighted by Gasteiger charge is 2.27. The Balaban J connectivity index is 2.12. The van der Waals surface area contributed by atoms with Gasteiger partial charge in [0.15, 0.2) is 0 Å². The number of nitriles is 1. The third-order valence-corrected chi connectivity index (χ3v) is 4.39. The second-order valence-electron chi connectivity index (χ2n) is 6.20. The number of hydrogen-bond donors (Lipinski definition) is 1. The Morgan fingerprint density at radius 2 is 1.95 bits per heavy atom. The summed E-state index contributed by atoms with van der Waals surface area (Å²) in [5, 5.41) is 9.19. The molecule has 0 aliphatic heterocycles. The van der Waals surface area contributed by atoms with Crippen molar-refractivity contribution in [3.63, 3.8) is 0 Å². The predicted molar refractivity (Wildman–Crippen MR) is 80.1 cm³/mol. The summed E-state index contributed by atoms with van der Waals surface area (Å²) >= 11 is 0. The Bertz CT molecular complexity index is 670. The maximum Gasteiger partial charge on any atom is 0.201 e. The van der Waals surface area contributed by atoms with Crippen molar-refractivity contribution < 1.29 is 0 Å². The Morgan fingerprint density at radius 1 is 1.25 bits per heavy atom. The van der Waals surface area contributed by atoms with Crippen LogP contribution >= 0.6 is 0 Å². The SMILES string of the molecule is CC1CC(C)CC(n2c(N)nc3c(C#N)cccc32)C1. The summed E-state index contributed by atoms with van der Waals surface area (Å²) in [5.41, 5.74) is 8.47. The van der Waals surface area contributed by atoms with Crippen molar-refractivity contribution >= 4 is 17.0 Å². The molecule has 2 N–H and O–H groups in total. The van der Waals surface area contributed by atoms with Crippen molar-refractivity contribution in [2.24, 2.45) is 11.8 Å². The van der Waals surface area contributed by atoms with Crippen LogP contribution in [0.3, 0.4) is 0 Å². The average molecular weight is 268 g/mol. The van der Waals surface area contributed by atoms with E-state index in [4.69, 9.17) is 5.73 Å². The Kier molecular flexibility index (Phi) is 3.13. The number of para-hydroxylation sites is 1. The van der Waals surface area contributed by atoms with E-state index < -0.39 is 0 Å². The fourth-order valence-electron chi connectivity index (χ4n) is 3.72. The van der Waals surface area contributed by atoms with Crippen molar-refractivity contribution in [2.45, 2.75) is 39.2 Å². The number of hydrogen-bond acceptors (Lipinski definition) is 3. The molecule has 0 spiro atoms. The molecule has 0 amide bonds. The van der Waals surface area contributed by atoms with Gasteiger partial charge in [-0.2, -0.15) is 5.26 Å². The van der Waals surface area contributed by atoms with Crippen molar-refractivity contribution in [3.05, 3.63) is 23.8 Å². The Hall–Kier alpha value is -2.02. The molecule has 2 atom stereocenters. The number of nitrogens with two attached hydrogens (primary N) is 1. The van der Waals surface area contributed by atoms with Crippen LogP contribution in [0.2, 0.25) is 0 Å². The van der Waals surface area contributed by atoms with E-state index in [2.05, 4.69) is 29.5 Å². The van der Waals surface area contributed by atoms with Gasteiger partial charge in [-0.15, -0.1) is 0 Å². The van der Waals surface area contributed by atoms with Gasteiger partial charge in [0.1, 0.15) is 11.6 Å². The first kappa shape index (κ1) is 13.0. The molecule has 4 nitrogen and oxygen atoms in total. The largest absolute Gasteiger partial charge is 0.369 e. The molecule has 3 rings (SSSR count). The molecule has 2 unspecified atom stereocenters. The van der Waals surface area contributed by atoms with E-state index in [0.717, 1.165) is 23.9 Å². The summed E-state index contributed by atoms with van der Waals surface area (Å²) in [6, 6.07) is 8.32.